The van der Waals surface area contributed by atoms with Crippen molar-refractivity contribution >= 4 is 28.2 Å². The summed E-state index contributed by atoms with van der Waals surface area (Å²) in [5.41, 5.74) is 2.36. The molecule has 6 nitrogen and oxygen atoms in total. The van der Waals surface area contributed by atoms with Crippen molar-refractivity contribution in [2.24, 2.45) is 0 Å². The van der Waals surface area contributed by atoms with Crippen molar-refractivity contribution in [3.05, 3.63) is 46.1 Å². The fourth-order valence-corrected chi connectivity index (χ4v) is 4.86. The number of nitrogens with one attached hydrogen (secondary N) is 2. The summed E-state index contributed by atoms with van der Waals surface area (Å²) in [5, 5.41) is 6.95. The molecule has 2 aromatic heterocycles. The minimum absolute atomic E-state index is 0.0485. The highest BCUT2D eigenvalue weighted by atomic mass is 32.1. The van der Waals surface area contributed by atoms with E-state index in [4.69, 9.17) is 0 Å². The summed E-state index contributed by atoms with van der Waals surface area (Å²) in [6, 6.07) is 3.47. The highest BCUT2D eigenvalue weighted by molar-refractivity contribution is 7.17. The first-order valence-electron chi connectivity index (χ1n) is 9.10. The largest absolute Gasteiger partial charge is 0.336 e. The highest BCUT2D eigenvalue weighted by Crippen LogP contribution is 2.39. The van der Waals surface area contributed by atoms with Crippen molar-refractivity contribution in [3.63, 3.8) is 0 Å². The van der Waals surface area contributed by atoms with E-state index < -0.39 is 0 Å². The van der Waals surface area contributed by atoms with Gasteiger partial charge in [0.25, 0.3) is 11.8 Å². The Kier molecular flexibility index (Phi) is 4.99. The van der Waals surface area contributed by atoms with Crippen molar-refractivity contribution < 1.29 is 9.59 Å². The molecule has 2 N–H and O–H groups in total. The Hall–Kier alpha value is -2.25. The second-order valence-electron chi connectivity index (χ2n) is 6.65. The summed E-state index contributed by atoms with van der Waals surface area (Å²) in [7, 11) is 0. The summed E-state index contributed by atoms with van der Waals surface area (Å²) < 4.78 is 0. The number of nitrogens with zero attached hydrogens (tertiary/aromatic N) is 2. The van der Waals surface area contributed by atoms with Crippen molar-refractivity contribution in [1.82, 2.24) is 15.2 Å². The van der Waals surface area contributed by atoms with Gasteiger partial charge in [0.2, 0.25) is 0 Å². The van der Waals surface area contributed by atoms with Gasteiger partial charge >= 0.3 is 0 Å². The molecule has 0 aromatic carbocycles. The highest BCUT2D eigenvalue weighted by Gasteiger charge is 2.29. The zero-order valence-corrected chi connectivity index (χ0v) is 15.4. The van der Waals surface area contributed by atoms with Crippen LogP contribution < -0.4 is 10.6 Å². The minimum atomic E-state index is -0.217. The van der Waals surface area contributed by atoms with Crippen LogP contribution in [0.5, 0.6) is 0 Å². The topological polar surface area (TPSA) is 74.3 Å². The fraction of sp³-hybridized carbons (Fsp3) is 0.421. The van der Waals surface area contributed by atoms with Gasteiger partial charge in [0.15, 0.2) is 0 Å². The van der Waals surface area contributed by atoms with Gasteiger partial charge in [-0.2, -0.15) is 0 Å². The molecule has 26 heavy (non-hydrogen) atoms. The number of amides is 2. The van der Waals surface area contributed by atoms with Crippen LogP contribution in [0.3, 0.4) is 0 Å². The minimum Gasteiger partial charge on any atom is -0.336 e. The number of piperazine rings is 1. The van der Waals surface area contributed by atoms with Gasteiger partial charge in [-0.3, -0.25) is 14.6 Å². The normalized spacial score (nSPS) is 16.8. The van der Waals surface area contributed by atoms with E-state index in [0.717, 1.165) is 44.3 Å². The maximum Gasteiger partial charge on any atom is 0.257 e. The lowest BCUT2D eigenvalue weighted by Gasteiger charge is -2.28. The third-order valence-electron chi connectivity index (χ3n) is 4.94. The van der Waals surface area contributed by atoms with Crippen LogP contribution in [-0.4, -0.2) is 47.9 Å². The Bertz CT molecular complexity index is 812. The van der Waals surface area contributed by atoms with Crippen LogP contribution >= 0.6 is 11.3 Å². The number of aromatic nitrogens is 1. The molecule has 2 aromatic rings. The second kappa shape index (κ2) is 7.55. The lowest BCUT2D eigenvalue weighted by molar-refractivity contribution is 0.0736. The number of anilines is 1. The van der Waals surface area contributed by atoms with Crippen molar-refractivity contribution in [3.8, 4) is 0 Å². The molecule has 1 aliphatic carbocycles. The second-order valence-corrected chi connectivity index (χ2v) is 7.76. The molecule has 4 rings (SSSR count). The third kappa shape index (κ3) is 3.37. The van der Waals surface area contributed by atoms with E-state index in [0.29, 0.717) is 29.2 Å². The number of hydrogen-bond donors (Lipinski definition) is 2. The Balaban J connectivity index is 1.66. The van der Waals surface area contributed by atoms with Crippen molar-refractivity contribution in [2.45, 2.75) is 25.7 Å². The molecular weight excluding hydrogens is 348 g/mol. The van der Waals surface area contributed by atoms with Gasteiger partial charge in [0.1, 0.15) is 5.00 Å². The molecule has 0 bridgehead atoms. The standard InChI is InChI=1S/C19H22N4O2S/c24-17(13-4-3-7-21-12-13)22-18-16(14-5-1-2-6-15(14)26-18)19(25)23-10-8-20-9-11-23/h3-4,7,12,20H,1-2,5-6,8-11H2,(H,22,24). The molecule has 0 unspecified atom stereocenters. The van der Waals surface area contributed by atoms with Gasteiger partial charge < -0.3 is 15.5 Å². The van der Waals surface area contributed by atoms with Crippen LogP contribution in [-0.2, 0) is 12.8 Å². The van der Waals surface area contributed by atoms with E-state index >= 15 is 0 Å². The van der Waals surface area contributed by atoms with Gasteiger partial charge in [0.05, 0.1) is 11.1 Å². The van der Waals surface area contributed by atoms with Crippen LogP contribution in [0.25, 0.3) is 0 Å². The van der Waals surface area contributed by atoms with E-state index in [1.54, 1.807) is 35.9 Å². The predicted octanol–water partition coefficient (Wildman–Crippen LogP) is 2.32. The average molecular weight is 370 g/mol. The summed E-state index contributed by atoms with van der Waals surface area (Å²) >= 11 is 1.56. The molecule has 7 heteroatoms. The van der Waals surface area contributed by atoms with Crippen molar-refractivity contribution in [2.75, 3.05) is 31.5 Å². The number of carbonyl (C=O) groups is 2. The predicted molar refractivity (Wildman–Crippen MR) is 102 cm³/mol. The summed E-state index contributed by atoms with van der Waals surface area (Å²) in [5.74, 6) is -0.168. The van der Waals surface area contributed by atoms with E-state index in [-0.39, 0.29) is 11.8 Å². The molecule has 0 radical (unpaired) electrons. The smallest absolute Gasteiger partial charge is 0.257 e. The average Bonchev–Trinajstić information content (AvgIpc) is 3.06. The third-order valence-corrected chi connectivity index (χ3v) is 6.15. The first-order chi connectivity index (χ1) is 12.7. The molecule has 1 fully saturated rings. The van der Waals surface area contributed by atoms with E-state index in [1.807, 2.05) is 4.90 Å². The molecule has 0 atom stereocenters. The Morgan fingerprint density at radius 3 is 2.77 bits per heavy atom. The van der Waals surface area contributed by atoms with Gasteiger partial charge in [0, 0.05) is 43.4 Å². The van der Waals surface area contributed by atoms with Gasteiger partial charge in [-0.25, -0.2) is 0 Å². The van der Waals surface area contributed by atoms with Crippen LogP contribution in [0.15, 0.2) is 24.5 Å². The van der Waals surface area contributed by atoms with Gasteiger partial charge in [-0.15, -0.1) is 11.3 Å². The number of aryl methyl sites for hydroxylation is 1. The first-order valence-corrected chi connectivity index (χ1v) is 9.91. The number of pyridine rings is 1. The number of rotatable bonds is 3. The fourth-order valence-electron chi connectivity index (χ4n) is 3.58. The summed E-state index contributed by atoms with van der Waals surface area (Å²) in [6.07, 6.45) is 7.33. The number of hydrogen-bond acceptors (Lipinski definition) is 5. The zero-order valence-electron chi connectivity index (χ0n) is 14.6. The van der Waals surface area contributed by atoms with E-state index in [9.17, 15) is 9.59 Å². The molecular formula is C19H22N4O2S. The molecule has 136 valence electrons. The number of fused-ring (bicyclic) bond motifs is 1. The molecule has 3 heterocycles. The van der Waals surface area contributed by atoms with Crippen LogP contribution in [0.1, 0.15) is 44.0 Å². The molecule has 1 aliphatic heterocycles. The van der Waals surface area contributed by atoms with Crippen LogP contribution in [0.4, 0.5) is 5.00 Å². The molecule has 0 saturated carbocycles. The Morgan fingerprint density at radius 1 is 1.19 bits per heavy atom. The maximum atomic E-state index is 13.2. The molecule has 2 amide bonds. The quantitative estimate of drug-likeness (QED) is 0.870. The van der Waals surface area contributed by atoms with Gasteiger partial charge in [-0.1, -0.05) is 0 Å². The number of thiophene rings is 1. The van der Waals surface area contributed by atoms with Crippen LogP contribution in [0, 0.1) is 0 Å². The lowest BCUT2D eigenvalue weighted by atomic mass is 9.95. The molecule has 0 spiro atoms. The van der Waals surface area contributed by atoms with E-state index in [2.05, 4.69) is 15.6 Å². The maximum absolute atomic E-state index is 13.2. The lowest BCUT2D eigenvalue weighted by Crippen LogP contribution is -2.46. The van der Waals surface area contributed by atoms with Crippen molar-refractivity contribution in [1.29, 1.82) is 0 Å². The van der Waals surface area contributed by atoms with Crippen LogP contribution in [0.2, 0.25) is 0 Å². The Labute approximate surface area is 156 Å². The molecule has 1 saturated heterocycles. The summed E-state index contributed by atoms with van der Waals surface area (Å²) in [6.45, 7) is 3.05. The zero-order chi connectivity index (χ0) is 17.9. The van der Waals surface area contributed by atoms with Gasteiger partial charge in [-0.05, 0) is 43.4 Å². The monoisotopic (exact) mass is 370 g/mol. The SMILES string of the molecule is O=C(Nc1sc2c(c1C(=O)N1CCNCC1)CCCC2)c1cccnc1. The Morgan fingerprint density at radius 2 is 2.00 bits per heavy atom. The number of carbonyl (C=O) groups excluding carboxylic acids is 2. The first kappa shape index (κ1) is 17.2. The summed E-state index contributed by atoms with van der Waals surface area (Å²) in [4.78, 5) is 33.0. The molecule has 2 aliphatic rings. The van der Waals surface area contributed by atoms with E-state index in [1.165, 1.54) is 4.88 Å².